The second kappa shape index (κ2) is 13.2. The molecule has 2 atom stereocenters. The maximum absolute atomic E-state index is 13.4. The van der Waals surface area contributed by atoms with Crippen molar-refractivity contribution in [2.45, 2.75) is 45.3 Å². The third-order valence-corrected chi connectivity index (χ3v) is 8.89. The van der Waals surface area contributed by atoms with Crippen LogP contribution in [0.3, 0.4) is 0 Å². The van der Waals surface area contributed by atoms with Gasteiger partial charge in [0.2, 0.25) is 5.91 Å². The summed E-state index contributed by atoms with van der Waals surface area (Å²) in [5.41, 5.74) is 5.23. The van der Waals surface area contributed by atoms with Crippen LogP contribution in [0.1, 0.15) is 38.3 Å². The van der Waals surface area contributed by atoms with Crippen molar-refractivity contribution in [2.24, 2.45) is 5.92 Å². The number of carbonyl (C=O) groups excluding carboxylic acids is 1. The van der Waals surface area contributed by atoms with Crippen LogP contribution < -0.4 is 4.74 Å². The normalized spacial score (nSPS) is 19.3. The second-order valence-corrected chi connectivity index (χ2v) is 11.6. The molecule has 0 N–H and O–H groups in total. The van der Waals surface area contributed by atoms with Gasteiger partial charge >= 0.3 is 0 Å². The topological polar surface area (TPSA) is 102 Å². The summed E-state index contributed by atoms with van der Waals surface area (Å²) in [6, 6.07) is 18.7. The average Bonchev–Trinajstić information content (AvgIpc) is 3.42. The zero-order valence-corrected chi connectivity index (χ0v) is 25.4. The Kier molecular flexibility index (Phi) is 8.90. The summed E-state index contributed by atoms with van der Waals surface area (Å²) in [7, 11) is 1.74. The first-order valence-corrected chi connectivity index (χ1v) is 15.5. The number of pyridine rings is 1. The van der Waals surface area contributed by atoms with Crippen molar-refractivity contribution in [1.82, 2.24) is 19.2 Å². The first-order chi connectivity index (χ1) is 21.4. The van der Waals surface area contributed by atoms with Gasteiger partial charge in [-0.1, -0.05) is 30.7 Å². The van der Waals surface area contributed by atoms with Gasteiger partial charge < -0.3 is 18.8 Å². The Bertz CT molecular complexity index is 1640. The molecule has 1 saturated heterocycles. The van der Waals surface area contributed by atoms with E-state index in [4.69, 9.17) is 14.5 Å². The number of piperazine rings is 1. The Morgan fingerprint density at radius 1 is 1.00 bits per heavy atom. The molecule has 1 aliphatic carbocycles. The summed E-state index contributed by atoms with van der Waals surface area (Å²) < 4.78 is 13.4. The fourth-order valence-electron chi connectivity index (χ4n) is 6.52. The van der Waals surface area contributed by atoms with Gasteiger partial charge in [0.05, 0.1) is 29.0 Å². The zero-order chi connectivity index (χ0) is 30.6. The number of aromatic nitrogens is 2. The summed E-state index contributed by atoms with van der Waals surface area (Å²) in [5.74, 6) is 1.10. The lowest BCUT2D eigenvalue weighted by Gasteiger charge is -2.38. The molecule has 1 amide bonds. The van der Waals surface area contributed by atoms with Crippen LogP contribution in [-0.4, -0.2) is 76.0 Å². The first kappa shape index (κ1) is 29.8. The van der Waals surface area contributed by atoms with Crippen molar-refractivity contribution >= 4 is 17.2 Å². The van der Waals surface area contributed by atoms with E-state index in [-0.39, 0.29) is 28.5 Å². The lowest BCUT2D eigenvalue weighted by molar-refractivity contribution is -0.384. The predicted octanol–water partition coefficient (Wildman–Crippen LogP) is 5.82. The Morgan fingerprint density at radius 2 is 1.80 bits per heavy atom. The molecule has 10 heteroatoms. The summed E-state index contributed by atoms with van der Waals surface area (Å²) in [5, 5.41) is 11.6. The van der Waals surface area contributed by atoms with Crippen molar-refractivity contribution in [3.05, 3.63) is 82.7 Å². The summed E-state index contributed by atoms with van der Waals surface area (Å²) in [4.78, 5) is 33.9. The number of methoxy groups -OCH3 is 1. The van der Waals surface area contributed by atoms with E-state index in [1.54, 1.807) is 19.2 Å². The number of rotatable bonds is 9. The molecule has 6 rings (SSSR count). The quantitative estimate of drug-likeness (QED) is 0.177. The van der Waals surface area contributed by atoms with Gasteiger partial charge in [-0.2, -0.15) is 0 Å². The summed E-state index contributed by atoms with van der Waals surface area (Å²) >= 11 is 0. The van der Waals surface area contributed by atoms with Crippen LogP contribution in [0.2, 0.25) is 0 Å². The fourth-order valence-corrected chi connectivity index (χ4v) is 6.52. The van der Waals surface area contributed by atoms with Gasteiger partial charge in [0, 0.05) is 69.6 Å². The zero-order valence-electron chi connectivity index (χ0n) is 25.4. The number of hydrogen-bond donors (Lipinski definition) is 0. The molecule has 0 bridgehead atoms. The number of nitro benzene ring substituents is 1. The number of ether oxygens (including phenoxy) is 2. The molecule has 0 radical (unpaired) electrons. The molecule has 1 aliphatic heterocycles. The number of carbonyl (C=O) groups is 1. The molecule has 2 aliphatic rings. The van der Waals surface area contributed by atoms with Crippen LogP contribution in [-0.2, 0) is 16.1 Å². The van der Waals surface area contributed by atoms with Crippen molar-refractivity contribution in [3.63, 3.8) is 0 Å². The third kappa shape index (κ3) is 6.32. The molecular weight excluding hydrogens is 558 g/mol. The van der Waals surface area contributed by atoms with E-state index in [2.05, 4.69) is 21.6 Å². The van der Waals surface area contributed by atoms with Crippen molar-refractivity contribution in [1.29, 1.82) is 0 Å². The average molecular weight is 598 g/mol. The first-order valence-electron chi connectivity index (χ1n) is 15.5. The smallest absolute Gasteiger partial charge is 0.270 e. The molecule has 2 aromatic carbocycles. The summed E-state index contributed by atoms with van der Waals surface area (Å²) in [6.45, 7) is 5.98. The van der Waals surface area contributed by atoms with Gasteiger partial charge in [0.1, 0.15) is 11.4 Å². The molecule has 44 heavy (non-hydrogen) atoms. The Balaban J connectivity index is 1.29. The second-order valence-electron chi connectivity index (χ2n) is 11.6. The standard InChI is InChI=1S/C34H39N5O5/c1-3-44-30-12-5-7-24(20-30)27-13-14-32-35-33(25-8-4-10-28(19-25)39(41)42)31(38(32)22-27)23-36-15-17-37(18-16-36)34(40)26-9-6-11-29(21-26)43-2/h4-5,7-8,10,12-14,19-20,22,26,29H,3,6,9,11,15-18,21,23H2,1-2H3/t26-,29-/m1/s1. The van der Waals surface area contributed by atoms with Gasteiger partial charge in [0.25, 0.3) is 5.69 Å². The fraction of sp³-hybridized carbons (Fsp3) is 0.412. The minimum Gasteiger partial charge on any atom is -0.494 e. The molecule has 3 heterocycles. The van der Waals surface area contributed by atoms with Gasteiger partial charge in [-0.15, -0.1) is 0 Å². The molecule has 2 fully saturated rings. The highest BCUT2D eigenvalue weighted by molar-refractivity contribution is 5.79. The largest absolute Gasteiger partial charge is 0.494 e. The number of benzene rings is 2. The third-order valence-electron chi connectivity index (χ3n) is 8.89. The highest BCUT2D eigenvalue weighted by Crippen LogP contribution is 2.32. The highest BCUT2D eigenvalue weighted by atomic mass is 16.6. The van der Waals surface area contributed by atoms with E-state index in [9.17, 15) is 14.9 Å². The minimum absolute atomic E-state index is 0.0319. The van der Waals surface area contributed by atoms with Crippen molar-refractivity contribution < 1.29 is 19.2 Å². The van der Waals surface area contributed by atoms with Crippen LogP contribution in [0.4, 0.5) is 5.69 Å². The van der Waals surface area contributed by atoms with E-state index in [0.717, 1.165) is 72.7 Å². The highest BCUT2D eigenvalue weighted by Gasteiger charge is 2.32. The monoisotopic (exact) mass is 597 g/mol. The lowest BCUT2D eigenvalue weighted by Crippen LogP contribution is -2.50. The van der Waals surface area contributed by atoms with Crippen LogP contribution in [0.5, 0.6) is 5.75 Å². The predicted molar refractivity (Wildman–Crippen MR) is 168 cm³/mol. The van der Waals surface area contributed by atoms with Gasteiger partial charge in [0.15, 0.2) is 0 Å². The summed E-state index contributed by atoms with van der Waals surface area (Å²) in [6.07, 6.45) is 6.05. The van der Waals surface area contributed by atoms with Gasteiger partial charge in [-0.25, -0.2) is 4.98 Å². The van der Waals surface area contributed by atoms with Crippen LogP contribution >= 0.6 is 0 Å². The van der Waals surface area contributed by atoms with Gasteiger partial charge in [-0.05, 0) is 61.6 Å². The van der Waals surface area contributed by atoms with Crippen LogP contribution in [0, 0.1) is 16.0 Å². The van der Waals surface area contributed by atoms with E-state index in [1.807, 2.05) is 48.2 Å². The number of imidazole rings is 1. The molecule has 230 valence electrons. The number of fused-ring (bicyclic) bond motifs is 1. The molecule has 0 spiro atoms. The number of non-ortho nitro benzene ring substituents is 1. The molecule has 4 aromatic rings. The van der Waals surface area contributed by atoms with Crippen LogP contribution in [0.25, 0.3) is 28.0 Å². The maximum Gasteiger partial charge on any atom is 0.270 e. The Morgan fingerprint density at radius 3 is 2.57 bits per heavy atom. The van der Waals surface area contributed by atoms with Crippen molar-refractivity contribution in [3.8, 4) is 28.1 Å². The van der Waals surface area contributed by atoms with Gasteiger partial charge in [-0.3, -0.25) is 19.8 Å². The molecular formula is C34H39N5O5. The lowest BCUT2D eigenvalue weighted by atomic mass is 9.86. The van der Waals surface area contributed by atoms with Crippen molar-refractivity contribution in [2.75, 3.05) is 39.9 Å². The van der Waals surface area contributed by atoms with E-state index < -0.39 is 0 Å². The Labute approximate surface area is 257 Å². The minimum atomic E-state index is -0.375. The van der Waals surface area contributed by atoms with E-state index in [1.165, 1.54) is 6.07 Å². The van der Waals surface area contributed by atoms with Crippen LogP contribution in [0.15, 0.2) is 66.9 Å². The SMILES string of the molecule is CCOc1cccc(-c2ccc3nc(-c4cccc([N+](=O)[O-])c4)c(CN4CCN(C(=O)[C@@H]5CCC[C@@H](OC)C5)CC4)n3c2)c1. The molecule has 10 nitrogen and oxygen atoms in total. The van der Waals surface area contributed by atoms with E-state index in [0.29, 0.717) is 31.8 Å². The number of hydrogen-bond acceptors (Lipinski definition) is 7. The van der Waals surface area contributed by atoms with E-state index >= 15 is 0 Å². The number of nitrogens with zero attached hydrogens (tertiary/aromatic N) is 5. The maximum atomic E-state index is 13.4. The molecule has 1 saturated carbocycles. The Hall–Kier alpha value is -4.28. The number of nitro groups is 1. The molecule has 0 unspecified atom stereocenters. The molecule has 2 aromatic heterocycles. The number of amides is 1.